The van der Waals surface area contributed by atoms with Crippen molar-refractivity contribution in [2.75, 3.05) is 19.7 Å². The van der Waals surface area contributed by atoms with Gasteiger partial charge in [0.05, 0.1) is 18.7 Å². The Hall–Kier alpha value is -2.36. The Balaban J connectivity index is 1.50. The molecule has 3 rings (SSSR count). The van der Waals surface area contributed by atoms with Crippen LogP contribution in [0.3, 0.4) is 0 Å². The van der Waals surface area contributed by atoms with Crippen LogP contribution in [0.1, 0.15) is 30.0 Å². The molecule has 1 fully saturated rings. The zero-order valence-electron chi connectivity index (χ0n) is 14.5. The maximum absolute atomic E-state index is 10.3. The van der Waals surface area contributed by atoms with E-state index in [1.54, 1.807) is 0 Å². The molecule has 0 saturated carbocycles. The Morgan fingerprint density at radius 3 is 2.88 bits per heavy atom. The first-order valence-corrected chi connectivity index (χ1v) is 8.65. The minimum absolute atomic E-state index is 0.258. The summed E-state index contributed by atoms with van der Waals surface area (Å²) < 4.78 is 7.50. The standard InChI is InChI=1S/C19H24N4O2/c1-22-12-16(11-21-22)19-3-2-10-23(19)13-17(24)14-25-18-6-4-15(5-7-18)8-9-20/h4-7,11-12,17,19,24H,2-3,8,10,13-14H2,1H3/t17-,19+/m0/s1. The third-order valence-electron chi connectivity index (χ3n) is 4.57. The van der Waals surface area contributed by atoms with Crippen molar-refractivity contribution in [3.63, 3.8) is 0 Å². The highest BCUT2D eigenvalue weighted by molar-refractivity contribution is 5.28. The Morgan fingerprint density at radius 1 is 1.40 bits per heavy atom. The molecule has 1 aliphatic heterocycles. The quantitative estimate of drug-likeness (QED) is 0.835. The van der Waals surface area contributed by atoms with Gasteiger partial charge in [0.15, 0.2) is 0 Å². The number of rotatable bonds is 7. The number of likely N-dealkylation sites (tertiary alicyclic amines) is 1. The molecule has 0 amide bonds. The van der Waals surface area contributed by atoms with Crippen LogP contribution in [-0.4, -0.2) is 45.6 Å². The predicted molar refractivity (Wildman–Crippen MR) is 94.0 cm³/mol. The monoisotopic (exact) mass is 340 g/mol. The maximum atomic E-state index is 10.3. The normalized spacial score (nSPS) is 18.8. The van der Waals surface area contributed by atoms with Crippen LogP contribution < -0.4 is 4.74 Å². The second-order valence-corrected chi connectivity index (χ2v) is 6.54. The summed E-state index contributed by atoms with van der Waals surface area (Å²) in [5, 5.41) is 23.3. The molecule has 0 radical (unpaired) electrons. The number of hydrogen-bond donors (Lipinski definition) is 1. The van der Waals surface area contributed by atoms with Gasteiger partial charge >= 0.3 is 0 Å². The van der Waals surface area contributed by atoms with Crippen molar-refractivity contribution in [2.45, 2.75) is 31.4 Å². The molecular weight excluding hydrogens is 316 g/mol. The molecule has 6 heteroatoms. The smallest absolute Gasteiger partial charge is 0.119 e. The fraction of sp³-hybridized carbons (Fsp3) is 0.474. The molecule has 0 bridgehead atoms. The molecular formula is C19H24N4O2. The predicted octanol–water partition coefficient (Wildman–Crippen LogP) is 2.06. The first kappa shape index (κ1) is 17.5. The van der Waals surface area contributed by atoms with Crippen LogP contribution in [0.5, 0.6) is 5.75 Å². The minimum atomic E-state index is -0.545. The number of ether oxygens (including phenoxy) is 1. The highest BCUT2D eigenvalue weighted by Crippen LogP contribution is 2.31. The van der Waals surface area contributed by atoms with Crippen LogP contribution in [-0.2, 0) is 13.5 Å². The van der Waals surface area contributed by atoms with Crippen LogP contribution in [0.4, 0.5) is 0 Å². The van der Waals surface area contributed by atoms with E-state index >= 15 is 0 Å². The van der Waals surface area contributed by atoms with Gasteiger partial charge in [-0.1, -0.05) is 12.1 Å². The highest BCUT2D eigenvalue weighted by Gasteiger charge is 2.28. The van der Waals surface area contributed by atoms with Crippen molar-refractivity contribution in [3.8, 4) is 11.8 Å². The fourth-order valence-corrected chi connectivity index (χ4v) is 3.35. The van der Waals surface area contributed by atoms with Gasteiger partial charge in [0, 0.05) is 31.4 Å². The molecule has 0 unspecified atom stereocenters. The SMILES string of the molecule is Cn1cc([C@H]2CCCN2C[C@H](O)COc2ccc(CC#N)cc2)cn1. The Morgan fingerprint density at radius 2 is 2.20 bits per heavy atom. The van der Waals surface area contributed by atoms with Crippen molar-refractivity contribution < 1.29 is 9.84 Å². The lowest BCUT2D eigenvalue weighted by molar-refractivity contribution is 0.0638. The molecule has 1 N–H and O–H groups in total. The molecule has 1 aromatic heterocycles. The van der Waals surface area contributed by atoms with E-state index in [0.717, 1.165) is 24.9 Å². The van der Waals surface area contributed by atoms with Crippen molar-refractivity contribution in [1.29, 1.82) is 5.26 Å². The number of nitriles is 1. The second-order valence-electron chi connectivity index (χ2n) is 6.54. The molecule has 0 aliphatic carbocycles. The van der Waals surface area contributed by atoms with E-state index in [1.165, 1.54) is 5.56 Å². The molecule has 6 nitrogen and oxygen atoms in total. The number of aliphatic hydroxyl groups is 1. The molecule has 0 spiro atoms. The van der Waals surface area contributed by atoms with Gasteiger partial charge in [0.2, 0.25) is 0 Å². The molecule has 1 aromatic carbocycles. The van der Waals surface area contributed by atoms with Crippen LogP contribution in [0.15, 0.2) is 36.7 Å². The summed E-state index contributed by atoms with van der Waals surface area (Å²) in [6.45, 7) is 1.83. The fourth-order valence-electron chi connectivity index (χ4n) is 3.35. The third kappa shape index (κ3) is 4.59. The van der Waals surface area contributed by atoms with Crippen LogP contribution in [0.2, 0.25) is 0 Å². The van der Waals surface area contributed by atoms with E-state index in [2.05, 4.69) is 22.3 Å². The van der Waals surface area contributed by atoms with Gasteiger partial charge in [-0.2, -0.15) is 10.4 Å². The molecule has 1 saturated heterocycles. The minimum Gasteiger partial charge on any atom is -0.491 e. The molecule has 25 heavy (non-hydrogen) atoms. The zero-order chi connectivity index (χ0) is 17.6. The van der Waals surface area contributed by atoms with Gasteiger partial charge in [-0.3, -0.25) is 9.58 Å². The summed E-state index contributed by atoms with van der Waals surface area (Å²) in [4.78, 5) is 2.31. The summed E-state index contributed by atoms with van der Waals surface area (Å²) >= 11 is 0. The number of aryl methyl sites for hydroxylation is 1. The van der Waals surface area contributed by atoms with E-state index in [1.807, 2.05) is 42.2 Å². The number of aliphatic hydroxyl groups excluding tert-OH is 1. The molecule has 2 aromatic rings. The average Bonchev–Trinajstić information content (AvgIpc) is 3.23. The van der Waals surface area contributed by atoms with Crippen LogP contribution >= 0.6 is 0 Å². The van der Waals surface area contributed by atoms with E-state index < -0.39 is 6.10 Å². The van der Waals surface area contributed by atoms with Crippen molar-refractivity contribution in [1.82, 2.24) is 14.7 Å². The van der Waals surface area contributed by atoms with Crippen molar-refractivity contribution in [3.05, 3.63) is 47.8 Å². The second kappa shape index (κ2) is 8.15. The third-order valence-corrected chi connectivity index (χ3v) is 4.57. The van der Waals surface area contributed by atoms with Gasteiger partial charge in [0.1, 0.15) is 18.5 Å². The number of aromatic nitrogens is 2. The molecule has 132 valence electrons. The van der Waals surface area contributed by atoms with Crippen molar-refractivity contribution in [2.24, 2.45) is 7.05 Å². The lowest BCUT2D eigenvalue weighted by Gasteiger charge is -2.26. The summed E-state index contributed by atoms with van der Waals surface area (Å²) in [6, 6.07) is 9.89. The van der Waals surface area contributed by atoms with Gasteiger partial charge in [-0.25, -0.2) is 0 Å². The number of hydrogen-bond acceptors (Lipinski definition) is 5. The summed E-state index contributed by atoms with van der Waals surface area (Å²) in [5.41, 5.74) is 2.17. The van der Waals surface area contributed by atoms with E-state index in [9.17, 15) is 5.11 Å². The first-order valence-electron chi connectivity index (χ1n) is 8.65. The summed E-state index contributed by atoms with van der Waals surface area (Å²) in [5.74, 6) is 0.714. The van der Waals surface area contributed by atoms with E-state index in [0.29, 0.717) is 24.8 Å². The first-order chi connectivity index (χ1) is 12.2. The summed E-state index contributed by atoms with van der Waals surface area (Å²) in [6.07, 6.45) is 6.04. The largest absolute Gasteiger partial charge is 0.491 e. The number of β-amino-alcohol motifs (C(OH)–C–C–N with tert-alkyl or cyclic N) is 1. The number of benzene rings is 1. The van der Waals surface area contributed by atoms with E-state index in [-0.39, 0.29) is 6.61 Å². The van der Waals surface area contributed by atoms with Gasteiger partial charge in [0.25, 0.3) is 0 Å². The van der Waals surface area contributed by atoms with Crippen molar-refractivity contribution >= 4 is 0 Å². The topological polar surface area (TPSA) is 74.3 Å². The Bertz CT molecular complexity index is 720. The molecule has 2 heterocycles. The number of nitrogens with zero attached hydrogens (tertiary/aromatic N) is 4. The lowest BCUT2D eigenvalue weighted by atomic mass is 10.1. The molecule has 1 aliphatic rings. The lowest BCUT2D eigenvalue weighted by Crippen LogP contribution is -2.35. The van der Waals surface area contributed by atoms with Gasteiger partial charge in [-0.05, 0) is 37.1 Å². The highest BCUT2D eigenvalue weighted by atomic mass is 16.5. The van der Waals surface area contributed by atoms with E-state index in [4.69, 9.17) is 10.00 Å². The zero-order valence-corrected chi connectivity index (χ0v) is 14.5. The Kier molecular flexibility index (Phi) is 5.69. The van der Waals surface area contributed by atoms with Gasteiger partial charge in [-0.15, -0.1) is 0 Å². The van der Waals surface area contributed by atoms with Crippen LogP contribution in [0, 0.1) is 11.3 Å². The molecule has 2 atom stereocenters. The average molecular weight is 340 g/mol. The summed E-state index contributed by atoms with van der Waals surface area (Å²) in [7, 11) is 1.92. The van der Waals surface area contributed by atoms with Gasteiger partial charge < -0.3 is 9.84 Å². The maximum Gasteiger partial charge on any atom is 0.119 e. The van der Waals surface area contributed by atoms with Crippen LogP contribution in [0.25, 0.3) is 0 Å². The Labute approximate surface area is 148 Å².